The number of thiophene rings is 1. The van der Waals surface area contributed by atoms with E-state index in [1.165, 1.54) is 17.7 Å². The number of hydrogen-bond acceptors (Lipinski definition) is 6. The zero-order valence-corrected chi connectivity index (χ0v) is 13.7. The molecule has 2 fully saturated rings. The predicted molar refractivity (Wildman–Crippen MR) is 88.1 cm³/mol. The lowest BCUT2D eigenvalue weighted by atomic mass is 10.1. The van der Waals surface area contributed by atoms with Crippen molar-refractivity contribution in [2.45, 2.75) is 24.9 Å². The van der Waals surface area contributed by atoms with E-state index in [9.17, 15) is 4.79 Å². The van der Waals surface area contributed by atoms with E-state index in [1.807, 2.05) is 28.5 Å². The monoisotopic (exact) mass is 330 g/mol. The summed E-state index contributed by atoms with van der Waals surface area (Å²) >= 11 is 1.51. The fraction of sp³-hybridized carbons (Fsp3) is 0.438. The van der Waals surface area contributed by atoms with Gasteiger partial charge in [-0.15, -0.1) is 11.3 Å². The normalized spacial score (nSPS) is 23.2. The van der Waals surface area contributed by atoms with Gasteiger partial charge in [-0.1, -0.05) is 6.07 Å². The molecule has 2 aromatic heterocycles. The zero-order valence-electron chi connectivity index (χ0n) is 12.9. The Balaban J connectivity index is 1.54. The van der Waals surface area contributed by atoms with Crippen LogP contribution in [-0.2, 0) is 0 Å². The summed E-state index contributed by atoms with van der Waals surface area (Å²) in [6.45, 7) is 1.72. The molecule has 2 aromatic rings. The highest BCUT2D eigenvalue weighted by Gasteiger charge is 2.45. The quantitative estimate of drug-likeness (QED) is 0.862. The van der Waals surface area contributed by atoms with Gasteiger partial charge in [0.2, 0.25) is 5.88 Å². The Hall–Kier alpha value is -2.15. The van der Waals surface area contributed by atoms with E-state index in [4.69, 9.17) is 4.74 Å². The number of hydrogen-bond donors (Lipinski definition) is 0. The minimum absolute atomic E-state index is 0.162. The molecule has 7 heteroatoms. The van der Waals surface area contributed by atoms with Gasteiger partial charge >= 0.3 is 0 Å². The van der Waals surface area contributed by atoms with Crippen molar-refractivity contribution in [3.05, 3.63) is 34.8 Å². The van der Waals surface area contributed by atoms with E-state index in [2.05, 4.69) is 14.9 Å². The highest BCUT2D eigenvalue weighted by Crippen LogP contribution is 2.35. The van der Waals surface area contributed by atoms with Crippen LogP contribution in [0.25, 0.3) is 0 Å². The number of anilines is 1. The van der Waals surface area contributed by atoms with Crippen LogP contribution in [0.4, 0.5) is 5.82 Å². The Labute approximate surface area is 138 Å². The molecule has 0 bridgehead atoms. The van der Waals surface area contributed by atoms with Gasteiger partial charge in [0, 0.05) is 19.2 Å². The van der Waals surface area contributed by atoms with Gasteiger partial charge in [-0.25, -0.2) is 9.97 Å². The van der Waals surface area contributed by atoms with Gasteiger partial charge in [0.15, 0.2) is 0 Å². The molecule has 2 aliphatic heterocycles. The summed E-state index contributed by atoms with van der Waals surface area (Å²) in [6.07, 6.45) is 3.49. The minimum atomic E-state index is 0.162. The molecule has 2 saturated heterocycles. The number of fused-ring (bicyclic) bond motifs is 1. The summed E-state index contributed by atoms with van der Waals surface area (Å²) in [6, 6.07) is 6.30. The Morgan fingerprint density at radius 2 is 2.17 bits per heavy atom. The topological polar surface area (TPSA) is 58.6 Å². The number of nitrogens with zero attached hydrogens (tertiary/aromatic N) is 4. The van der Waals surface area contributed by atoms with E-state index >= 15 is 0 Å². The van der Waals surface area contributed by atoms with E-state index in [0.29, 0.717) is 11.9 Å². The largest absolute Gasteiger partial charge is 0.481 e. The molecule has 0 saturated carbocycles. The van der Waals surface area contributed by atoms with Crippen molar-refractivity contribution < 1.29 is 9.53 Å². The number of amides is 1. The molecule has 23 heavy (non-hydrogen) atoms. The van der Waals surface area contributed by atoms with Gasteiger partial charge in [0.1, 0.15) is 12.1 Å². The first-order valence-corrected chi connectivity index (χ1v) is 8.63. The molecule has 6 nitrogen and oxygen atoms in total. The summed E-state index contributed by atoms with van der Waals surface area (Å²) in [4.78, 5) is 26.3. The Bertz CT molecular complexity index is 706. The number of likely N-dealkylation sites (tertiary alicyclic amines) is 1. The molecule has 0 radical (unpaired) electrons. The Morgan fingerprint density at radius 1 is 1.30 bits per heavy atom. The SMILES string of the molecule is COc1cc(N2CC[C@@H]3[C@@H]2CCN3C(=O)c2cccs2)ncn1. The first-order chi connectivity index (χ1) is 11.3. The third-order valence-electron chi connectivity index (χ3n) is 4.70. The Kier molecular flexibility index (Phi) is 3.65. The highest BCUT2D eigenvalue weighted by atomic mass is 32.1. The third-order valence-corrected chi connectivity index (χ3v) is 5.56. The lowest BCUT2D eigenvalue weighted by molar-refractivity contribution is 0.0742. The maximum Gasteiger partial charge on any atom is 0.264 e. The van der Waals surface area contributed by atoms with Gasteiger partial charge in [-0.05, 0) is 24.3 Å². The predicted octanol–water partition coefficient (Wildman–Crippen LogP) is 2.04. The second-order valence-electron chi connectivity index (χ2n) is 5.80. The smallest absolute Gasteiger partial charge is 0.264 e. The standard InChI is InChI=1S/C16H18N4O2S/c1-22-15-9-14(17-10-18-15)19-6-4-12-11(19)5-7-20(12)16(21)13-3-2-8-23-13/h2-3,8-12H,4-7H2,1H3/t11-,12+/m0/s1. The van der Waals surface area contributed by atoms with Gasteiger partial charge in [-0.3, -0.25) is 4.79 Å². The number of carbonyl (C=O) groups excluding carboxylic acids is 1. The van der Waals surface area contributed by atoms with Crippen LogP contribution in [0, 0.1) is 0 Å². The van der Waals surface area contributed by atoms with Gasteiger partial charge in [-0.2, -0.15) is 0 Å². The van der Waals surface area contributed by atoms with Crippen molar-refractivity contribution in [1.82, 2.24) is 14.9 Å². The average Bonchev–Trinajstić information content (AvgIpc) is 3.31. The van der Waals surface area contributed by atoms with Crippen LogP contribution in [0.15, 0.2) is 29.9 Å². The molecule has 0 aromatic carbocycles. The number of aromatic nitrogens is 2. The average molecular weight is 330 g/mol. The van der Waals surface area contributed by atoms with Crippen LogP contribution in [0.5, 0.6) is 5.88 Å². The lowest BCUT2D eigenvalue weighted by Gasteiger charge is -2.26. The fourth-order valence-corrected chi connectivity index (χ4v) is 4.34. The molecule has 120 valence electrons. The van der Waals surface area contributed by atoms with E-state index in [0.717, 1.165) is 36.6 Å². The van der Waals surface area contributed by atoms with E-state index < -0.39 is 0 Å². The molecular weight excluding hydrogens is 312 g/mol. The van der Waals surface area contributed by atoms with Crippen molar-refractivity contribution in [3.8, 4) is 5.88 Å². The van der Waals surface area contributed by atoms with Crippen LogP contribution in [0.2, 0.25) is 0 Å². The Morgan fingerprint density at radius 3 is 2.96 bits per heavy atom. The van der Waals surface area contributed by atoms with Crippen molar-refractivity contribution >= 4 is 23.1 Å². The molecule has 4 rings (SSSR count). The molecule has 4 heterocycles. The van der Waals surface area contributed by atoms with Crippen molar-refractivity contribution in [2.24, 2.45) is 0 Å². The van der Waals surface area contributed by atoms with Crippen LogP contribution in [0.3, 0.4) is 0 Å². The first-order valence-electron chi connectivity index (χ1n) is 7.75. The van der Waals surface area contributed by atoms with Crippen LogP contribution < -0.4 is 9.64 Å². The maximum atomic E-state index is 12.7. The molecule has 1 amide bonds. The number of carbonyl (C=O) groups is 1. The molecule has 0 aliphatic carbocycles. The van der Waals surface area contributed by atoms with Gasteiger partial charge in [0.05, 0.1) is 24.1 Å². The summed E-state index contributed by atoms with van der Waals surface area (Å²) in [5.74, 6) is 1.62. The van der Waals surface area contributed by atoms with Crippen LogP contribution in [0.1, 0.15) is 22.5 Å². The number of rotatable bonds is 3. The van der Waals surface area contributed by atoms with Crippen LogP contribution >= 0.6 is 11.3 Å². The molecule has 2 atom stereocenters. The van der Waals surface area contributed by atoms with Gasteiger partial charge < -0.3 is 14.5 Å². The third kappa shape index (κ3) is 2.45. The first kappa shape index (κ1) is 14.4. The van der Waals surface area contributed by atoms with E-state index in [1.54, 1.807) is 7.11 Å². The maximum absolute atomic E-state index is 12.7. The molecule has 2 aliphatic rings. The highest BCUT2D eigenvalue weighted by molar-refractivity contribution is 7.12. The number of methoxy groups -OCH3 is 1. The number of ether oxygens (including phenoxy) is 1. The summed E-state index contributed by atoms with van der Waals surface area (Å²) in [5.41, 5.74) is 0. The van der Waals surface area contributed by atoms with E-state index in [-0.39, 0.29) is 11.9 Å². The van der Waals surface area contributed by atoms with Crippen LogP contribution in [-0.4, -0.2) is 53.1 Å². The summed E-state index contributed by atoms with van der Waals surface area (Å²) < 4.78 is 5.19. The summed E-state index contributed by atoms with van der Waals surface area (Å²) in [5, 5.41) is 1.95. The molecule has 0 unspecified atom stereocenters. The molecular formula is C16H18N4O2S. The second kappa shape index (κ2) is 5.81. The summed E-state index contributed by atoms with van der Waals surface area (Å²) in [7, 11) is 1.61. The van der Waals surface area contributed by atoms with Gasteiger partial charge in [0.25, 0.3) is 5.91 Å². The van der Waals surface area contributed by atoms with Crippen molar-refractivity contribution in [3.63, 3.8) is 0 Å². The second-order valence-corrected chi connectivity index (χ2v) is 6.75. The molecule has 0 spiro atoms. The zero-order chi connectivity index (χ0) is 15.8. The minimum Gasteiger partial charge on any atom is -0.481 e. The molecule has 0 N–H and O–H groups in total. The van der Waals surface area contributed by atoms with Crippen molar-refractivity contribution in [1.29, 1.82) is 0 Å². The fourth-order valence-electron chi connectivity index (χ4n) is 3.66. The van der Waals surface area contributed by atoms with Crippen molar-refractivity contribution in [2.75, 3.05) is 25.1 Å². The lowest BCUT2D eigenvalue weighted by Crippen LogP contribution is -2.39.